The fraction of sp³-hybridized carbons (Fsp3) is 0.250. The van der Waals surface area contributed by atoms with Gasteiger partial charge in [0.15, 0.2) is 0 Å². The summed E-state index contributed by atoms with van der Waals surface area (Å²) in [4.78, 5) is 33.5. The molecule has 0 saturated carbocycles. The molecule has 0 bridgehead atoms. The van der Waals surface area contributed by atoms with Gasteiger partial charge in [0.1, 0.15) is 5.75 Å². The number of ether oxygens (including phenoxy) is 1. The van der Waals surface area contributed by atoms with Crippen LogP contribution in [-0.2, 0) is 9.59 Å². The van der Waals surface area contributed by atoms with Crippen molar-refractivity contribution in [3.63, 3.8) is 0 Å². The highest BCUT2D eigenvalue weighted by Gasteiger charge is 2.19. The van der Waals surface area contributed by atoms with Gasteiger partial charge in [-0.1, -0.05) is 0 Å². The van der Waals surface area contributed by atoms with E-state index in [1.165, 1.54) is 25.3 Å². The number of benzene rings is 1. The number of anilines is 1. The Kier molecular flexibility index (Phi) is 5.04. The summed E-state index contributed by atoms with van der Waals surface area (Å²) in [7, 11) is 1.40. The van der Waals surface area contributed by atoms with Gasteiger partial charge in [-0.05, 0) is 12.1 Å². The van der Waals surface area contributed by atoms with Crippen LogP contribution >= 0.6 is 0 Å². The number of amides is 2. The number of carbonyl (C=O) groups is 3. The van der Waals surface area contributed by atoms with E-state index >= 15 is 0 Å². The van der Waals surface area contributed by atoms with Gasteiger partial charge >= 0.3 is 5.97 Å². The number of carboxylic acid groups (broad SMARTS) is 1. The molecule has 0 aliphatic heterocycles. The molecule has 0 aromatic heterocycles. The molecular weight excluding hydrogens is 266 g/mol. The first-order chi connectivity index (χ1) is 9.35. The molecular formula is C12H15N3O5. The van der Waals surface area contributed by atoms with Crippen LogP contribution in [0.3, 0.4) is 0 Å². The maximum Gasteiger partial charge on any atom is 0.337 e. The minimum absolute atomic E-state index is 0.0294. The predicted molar refractivity (Wildman–Crippen MR) is 70.4 cm³/mol. The van der Waals surface area contributed by atoms with E-state index in [-0.39, 0.29) is 17.7 Å². The molecule has 0 radical (unpaired) electrons. The van der Waals surface area contributed by atoms with Crippen LogP contribution in [0.4, 0.5) is 5.69 Å². The Morgan fingerprint density at radius 2 is 2.05 bits per heavy atom. The quantitative estimate of drug-likeness (QED) is 0.555. The molecule has 0 saturated heterocycles. The SMILES string of the molecule is COc1ccc(C(=O)O)c(NC(=O)C(N)CC(N)=O)c1. The Morgan fingerprint density at radius 1 is 1.40 bits per heavy atom. The van der Waals surface area contributed by atoms with Crippen molar-refractivity contribution in [3.05, 3.63) is 23.8 Å². The van der Waals surface area contributed by atoms with Crippen molar-refractivity contribution < 1.29 is 24.2 Å². The van der Waals surface area contributed by atoms with Crippen molar-refractivity contribution in [1.82, 2.24) is 0 Å². The third kappa shape index (κ3) is 3.95. The zero-order chi connectivity index (χ0) is 15.3. The summed E-state index contributed by atoms with van der Waals surface area (Å²) in [5.41, 5.74) is 10.3. The number of hydrogen-bond donors (Lipinski definition) is 4. The van der Waals surface area contributed by atoms with Gasteiger partial charge in [0.2, 0.25) is 11.8 Å². The van der Waals surface area contributed by atoms with E-state index in [9.17, 15) is 14.4 Å². The molecule has 0 aliphatic rings. The Balaban J connectivity index is 2.97. The van der Waals surface area contributed by atoms with E-state index in [2.05, 4.69) is 5.32 Å². The number of nitrogens with two attached hydrogens (primary N) is 2. The van der Waals surface area contributed by atoms with Crippen LogP contribution < -0.4 is 21.5 Å². The molecule has 1 atom stereocenters. The number of aromatic carboxylic acids is 1. The van der Waals surface area contributed by atoms with Crippen LogP contribution in [0.25, 0.3) is 0 Å². The largest absolute Gasteiger partial charge is 0.497 e. The summed E-state index contributed by atoms with van der Waals surface area (Å²) in [6.07, 6.45) is -0.335. The van der Waals surface area contributed by atoms with Gasteiger partial charge in [-0.3, -0.25) is 9.59 Å². The lowest BCUT2D eigenvalue weighted by atomic mass is 10.1. The van der Waals surface area contributed by atoms with Crippen molar-refractivity contribution in [2.45, 2.75) is 12.5 Å². The van der Waals surface area contributed by atoms with Gasteiger partial charge in [0, 0.05) is 6.07 Å². The van der Waals surface area contributed by atoms with Crippen LogP contribution in [-0.4, -0.2) is 36.0 Å². The van der Waals surface area contributed by atoms with Gasteiger partial charge in [0.05, 0.1) is 30.8 Å². The fourth-order valence-electron chi connectivity index (χ4n) is 1.48. The van der Waals surface area contributed by atoms with E-state index in [1.807, 2.05) is 0 Å². The minimum atomic E-state index is -1.22. The second-order valence-corrected chi connectivity index (χ2v) is 3.98. The lowest BCUT2D eigenvalue weighted by molar-refractivity contribution is -0.123. The molecule has 0 heterocycles. The maximum absolute atomic E-state index is 11.7. The molecule has 108 valence electrons. The summed E-state index contributed by atoms with van der Waals surface area (Å²) in [5.74, 6) is -2.28. The standard InChI is InChI=1S/C12H15N3O5/c1-20-6-2-3-7(12(18)19)9(4-6)15-11(17)8(13)5-10(14)16/h2-4,8H,5,13H2,1H3,(H2,14,16)(H,15,17)(H,18,19). The second-order valence-electron chi connectivity index (χ2n) is 3.98. The average molecular weight is 281 g/mol. The normalized spacial score (nSPS) is 11.5. The Hall–Kier alpha value is -2.61. The third-order valence-corrected chi connectivity index (χ3v) is 2.47. The molecule has 8 heteroatoms. The van der Waals surface area contributed by atoms with Gasteiger partial charge in [0.25, 0.3) is 0 Å². The van der Waals surface area contributed by atoms with Gasteiger partial charge in [-0.25, -0.2) is 4.79 Å². The van der Waals surface area contributed by atoms with Gasteiger partial charge in [-0.2, -0.15) is 0 Å². The maximum atomic E-state index is 11.7. The molecule has 0 fully saturated rings. The third-order valence-electron chi connectivity index (χ3n) is 2.47. The van der Waals surface area contributed by atoms with Gasteiger partial charge < -0.3 is 26.6 Å². The van der Waals surface area contributed by atoms with E-state index in [1.54, 1.807) is 0 Å². The number of carboxylic acids is 1. The molecule has 2 amide bonds. The summed E-state index contributed by atoms with van der Waals surface area (Å²) >= 11 is 0. The number of rotatable bonds is 6. The van der Waals surface area contributed by atoms with E-state index < -0.39 is 23.8 Å². The molecule has 1 aromatic carbocycles. The van der Waals surface area contributed by atoms with Gasteiger partial charge in [-0.15, -0.1) is 0 Å². The van der Waals surface area contributed by atoms with Crippen LogP contribution in [0, 0.1) is 0 Å². The average Bonchev–Trinajstić information content (AvgIpc) is 2.37. The highest BCUT2D eigenvalue weighted by Crippen LogP contribution is 2.22. The smallest absolute Gasteiger partial charge is 0.337 e. The van der Waals surface area contributed by atoms with E-state index in [0.717, 1.165) is 0 Å². The Morgan fingerprint density at radius 3 is 2.55 bits per heavy atom. The van der Waals surface area contributed by atoms with Crippen LogP contribution in [0.15, 0.2) is 18.2 Å². The van der Waals surface area contributed by atoms with E-state index in [4.69, 9.17) is 21.3 Å². The van der Waals surface area contributed by atoms with Crippen LogP contribution in [0.1, 0.15) is 16.8 Å². The zero-order valence-corrected chi connectivity index (χ0v) is 10.8. The molecule has 0 aliphatic carbocycles. The number of methoxy groups -OCH3 is 1. The highest BCUT2D eigenvalue weighted by molar-refractivity contribution is 6.03. The van der Waals surface area contributed by atoms with Crippen LogP contribution in [0.5, 0.6) is 5.75 Å². The molecule has 1 rings (SSSR count). The molecule has 1 aromatic rings. The summed E-state index contributed by atoms with van der Waals surface area (Å²) in [6.45, 7) is 0. The second kappa shape index (κ2) is 6.53. The van der Waals surface area contributed by atoms with Crippen molar-refractivity contribution in [2.75, 3.05) is 12.4 Å². The molecule has 20 heavy (non-hydrogen) atoms. The first-order valence-corrected chi connectivity index (χ1v) is 5.61. The minimum Gasteiger partial charge on any atom is -0.497 e. The number of hydrogen-bond acceptors (Lipinski definition) is 5. The van der Waals surface area contributed by atoms with Crippen molar-refractivity contribution in [1.29, 1.82) is 0 Å². The zero-order valence-electron chi connectivity index (χ0n) is 10.8. The van der Waals surface area contributed by atoms with Crippen molar-refractivity contribution >= 4 is 23.5 Å². The molecule has 6 N–H and O–H groups in total. The summed E-state index contributed by atoms with van der Waals surface area (Å²) in [6, 6.07) is 2.93. The monoisotopic (exact) mass is 281 g/mol. The predicted octanol–water partition coefficient (Wildman–Crippen LogP) is -0.465. The molecule has 8 nitrogen and oxygen atoms in total. The lowest BCUT2D eigenvalue weighted by Crippen LogP contribution is -2.39. The van der Waals surface area contributed by atoms with E-state index in [0.29, 0.717) is 5.75 Å². The van der Waals surface area contributed by atoms with Crippen LogP contribution in [0.2, 0.25) is 0 Å². The Labute approximate surface area is 114 Å². The lowest BCUT2D eigenvalue weighted by Gasteiger charge is -2.13. The summed E-state index contributed by atoms with van der Waals surface area (Å²) in [5, 5.41) is 11.4. The summed E-state index contributed by atoms with van der Waals surface area (Å²) < 4.78 is 4.95. The molecule has 0 spiro atoms. The first-order valence-electron chi connectivity index (χ1n) is 5.61. The number of nitrogens with one attached hydrogen (secondary N) is 1. The molecule has 1 unspecified atom stereocenters. The highest BCUT2D eigenvalue weighted by atomic mass is 16.5. The van der Waals surface area contributed by atoms with Crippen molar-refractivity contribution in [2.24, 2.45) is 11.5 Å². The fourth-order valence-corrected chi connectivity index (χ4v) is 1.48. The first kappa shape index (κ1) is 15.4. The number of primary amides is 1. The number of carbonyl (C=O) groups excluding carboxylic acids is 2. The topological polar surface area (TPSA) is 145 Å². The van der Waals surface area contributed by atoms with Crippen molar-refractivity contribution in [3.8, 4) is 5.75 Å². The Bertz CT molecular complexity index is 544.